The van der Waals surface area contributed by atoms with Gasteiger partial charge >= 0.3 is 0 Å². The van der Waals surface area contributed by atoms with Gasteiger partial charge in [0.05, 0.1) is 32.3 Å². The van der Waals surface area contributed by atoms with Crippen molar-refractivity contribution in [1.82, 2.24) is 37.2 Å². The van der Waals surface area contributed by atoms with E-state index in [1.165, 1.54) is 6.92 Å². The smallest absolute Gasteiger partial charge is 0.245 e. The van der Waals surface area contributed by atoms with Crippen LogP contribution < -0.4 is 65.5 Å². The zero-order valence-electron chi connectivity index (χ0n) is 34.9. The monoisotopic (exact) mass is 896 g/mol. The Labute approximate surface area is 361 Å². The topological polar surface area (TPSA) is 452 Å². The van der Waals surface area contributed by atoms with Gasteiger partial charge in [0.15, 0.2) is 0 Å². The summed E-state index contributed by atoms with van der Waals surface area (Å²) in [4.78, 5) is 124. The van der Waals surface area contributed by atoms with Crippen molar-refractivity contribution in [2.24, 2.45) is 22.9 Å². The van der Waals surface area contributed by atoms with Gasteiger partial charge in [0.1, 0.15) is 42.3 Å². The highest BCUT2D eigenvalue weighted by molar-refractivity contribution is 5.97. The molecular weight excluding hydrogens is 836 g/mol. The molecule has 3 unspecified atom stereocenters. The highest BCUT2D eigenvalue weighted by Crippen LogP contribution is 2.12. The molecular formula is C37H60N12O14. The number of benzene rings is 1. The van der Waals surface area contributed by atoms with Gasteiger partial charge in [-0.1, -0.05) is 12.1 Å². The van der Waals surface area contributed by atoms with E-state index in [2.05, 4.69) is 42.5 Å². The molecule has 1 rings (SSSR count). The van der Waals surface area contributed by atoms with Crippen molar-refractivity contribution in [1.29, 1.82) is 0 Å². The lowest BCUT2D eigenvalue weighted by molar-refractivity contribution is -0.137. The third-order valence-electron chi connectivity index (χ3n) is 8.88. The molecule has 26 nitrogen and oxygen atoms in total. The van der Waals surface area contributed by atoms with Crippen LogP contribution in [0.2, 0.25) is 0 Å². The molecule has 0 saturated heterocycles. The molecule has 0 fully saturated rings. The summed E-state index contributed by atoms with van der Waals surface area (Å²) in [5, 5.41) is 57.3. The molecule has 0 heterocycles. The number of rotatable bonds is 29. The summed E-state index contributed by atoms with van der Waals surface area (Å²) >= 11 is 0. The summed E-state index contributed by atoms with van der Waals surface area (Å²) in [5.74, 6) is -8.81. The predicted octanol–water partition coefficient (Wildman–Crippen LogP) is -8.22. The second-order valence-corrected chi connectivity index (χ2v) is 14.3. The molecule has 0 spiro atoms. The zero-order chi connectivity index (χ0) is 47.8. The molecule has 0 radical (unpaired) electrons. The van der Waals surface area contributed by atoms with Gasteiger partial charge in [0.2, 0.25) is 59.1 Å². The van der Waals surface area contributed by atoms with Crippen molar-refractivity contribution in [3.63, 3.8) is 0 Å². The minimum Gasteiger partial charge on any atom is -0.394 e. The Morgan fingerprint density at radius 2 is 1.13 bits per heavy atom. The molecule has 8 atom stereocenters. The standard InChI is InChI=1S/C37H60N12O14/c1-18(53)30(49-35(61)26(14-28(40)55)47-33(59)23(39)16-51)37(63)48-27(17-52)36(62)45-24(31(41)57)9-10-29(56)42-11-3-4-12-43-34(60)25(46-32(58)22(38)15-50)13-20-5-7-21(8-6-20)44-19(2)54/h5-8,18,22-27,30,50-53H,3-4,9-17,38-39H2,1-2H3,(H2,40,55)(H2,41,57)(H,42,56)(H,43,60)(H,44,54)(H,45,62)(H,46,58)(H,47,59)(H,48,63)(H,49,61)/t18-,22?,23+,24?,25?,26+,27+,30+/m1/s1. The Morgan fingerprint density at radius 1 is 0.619 bits per heavy atom. The van der Waals surface area contributed by atoms with Gasteiger partial charge in [0, 0.05) is 38.5 Å². The summed E-state index contributed by atoms with van der Waals surface area (Å²) in [5.41, 5.74) is 22.7. The van der Waals surface area contributed by atoms with Crippen LogP contribution in [0.1, 0.15) is 51.5 Å². The maximum absolute atomic E-state index is 13.0. The third-order valence-corrected chi connectivity index (χ3v) is 8.88. The fourth-order valence-electron chi connectivity index (χ4n) is 5.36. The van der Waals surface area contributed by atoms with Crippen LogP contribution in [0.25, 0.3) is 0 Å². The third kappa shape index (κ3) is 20.9. The minimum absolute atomic E-state index is 0.0612. The number of hydrogen-bond donors (Lipinski definition) is 16. The number of carbonyl (C=O) groups excluding carboxylic acids is 10. The summed E-state index contributed by atoms with van der Waals surface area (Å²) < 4.78 is 0. The lowest BCUT2D eigenvalue weighted by Crippen LogP contribution is -2.62. The SMILES string of the molecule is CC(=O)Nc1ccc(CC(NC(=O)C(N)CO)C(=O)NCCCCNC(=O)CCC(NC(=O)[C@H](CO)NC(=O)[C@@H](NC(=O)[C@H](CC(N)=O)NC(=O)[C@@H](N)CO)[C@@H](C)O)C(N)=O)cc1. The highest BCUT2D eigenvalue weighted by atomic mass is 16.3. The molecule has 20 N–H and O–H groups in total. The zero-order valence-corrected chi connectivity index (χ0v) is 34.9. The number of nitrogens with one attached hydrogen (secondary N) is 8. The van der Waals surface area contributed by atoms with Gasteiger partial charge in [-0.05, 0) is 43.9 Å². The molecule has 0 saturated carbocycles. The van der Waals surface area contributed by atoms with Crippen molar-refractivity contribution in [2.75, 3.05) is 38.2 Å². The second kappa shape index (κ2) is 28.3. The summed E-state index contributed by atoms with van der Waals surface area (Å²) in [6, 6.07) is -3.98. The molecule has 0 aliphatic heterocycles. The number of unbranched alkanes of at least 4 members (excludes halogenated alkanes) is 1. The summed E-state index contributed by atoms with van der Waals surface area (Å²) in [6.07, 6.45) is -2.22. The van der Waals surface area contributed by atoms with Crippen LogP contribution in [-0.2, 0) is 54.4 Å². The number of anilines is 1. The van der Waals surface area contributed by atoms with E-state index in [0.717, 1.165) is 6.92 Å². The number of primary amides is 2. The molecule has 0 bridgehead atoms. The van der Waals surface area contributed by atoms with E-state index in [1.54, 1.807) is 24.3 Å². The lowest BCUT2D eigenvalue weighted by Gasteiger charge is -2.26. The Bertz CT molecular complexity index is 1750. The largest absolute Gasteiger partial charge is 0.394 e. The molecule has 26 heteroatoms. The number of amides is 10. The van der Waals surface area contributed by atoms with Crippen LogP contribution in [0.15, 0.2) is 24.3 Å². The van der Waals surface area contributed by atoms with Gasteiger partial charge in [-0.15, -0.1) is 0 Å². The maximum atomic E-state index is 13.0. The van der Waals surface area contributed by atoms with Gasteiger partial charge in [-0.2, -0.15) is 0 Å². The molecule has 352 valence electrons. The molecule has 0 aliphatic carbocycles. The molecule has 0 aliphatic rings. The van der Waals surface area contributed by atoms with Crippen LogP contribution >= 0.6 is 0 Å². The molecule has 1 aromatic carbocycles. The van der Waals surface area contributed by atoms with Crippen molar-refractivity contribution in [3.8, 4) is 0 Å². The van der Waals surface area contributed by atoms with E-state index in [9.17, 15) is 63.3 Å². The Balaban J connectivity index is 2.72. The van der Waals surface area contributed by atoms with E-state index in [-0.39, 0.29) is 38.3 Å². The second-order valence-electron chi connectivity index (χ2n) is 14.3. The van der Waals surface area contributed by atoms with Crippen LogP contribution in [0, 0.1) is 0 Å². The van der Waals surface area contributed by atoms with E-state index in [4.69, 9.17) is 28.0 Å². The Kier molecular flexibility index (Phi) is 24.6. The van der Waals surface area contributed by atoms with Crippen LogP contribution in [0.5, 0.6) is 0 Å². The number of aliphatic hydroxyl groups excluding tert-OH is 4. The van der Waals surface area contributed by atoms with Gasteiger partial charge in [0.25, 0.3) is 0 Å². The molecule has 10 amide bonds. The first-order chi connectivity index (χ1) is 29.6. The maximum Gasteiger partial charge on any atom is 0.245 e. The van der Waals surface area contributed by atoms with Crippen molar-refractivity contribution < 1.29 is 68.4 Å². The van der Waals surface area contributed by atoms with Crippen LogP contribution in [-0.4, -0.2) is 161 Å². The Morgan fingerprint density at radius 3 is 1.62 bits per heavy atom. The first kappa shape index (κ1) is 54.7. The van der Waals surface area contributed by atoms with Crippen LogP contribution in [0.4, 0.5) is 5.69 Å². The van der Waals surface area contributed by atoms with Crippen LogP contribution in [0.3, 0.4) is 0 Å². The van der Waals surface area contributed by atoms with E-state index in [1.807, 2.05) is 0 Å². The number of hydrogen-bond acceptors (Lipinski definition) is 16. The fourth-order valence-corrected chi connectivity index (χ4v) is 5.36. The number of nitrogens with two attached hydrogens (primary N) is 4. The average molecular weight is 897 g/mol. The molecule has 0 aromatic heterocycles. The number of aliphatic hydroxyl groups is 4. The predicted molar refractivity (Wildman–Crippen MR) is 220 cm³/mol. The molecule has 63 heavy (non-hydrogen) atoms. The van der Waals surface area contributed by atoms with Gasteiger partial charge < -0.3 is 85.9 Å². The summed E-state index contributed by atoms with van der Waals surface area (Å²) in [7, 11) is 0. The van der Waals surface area contributed by atoms with Crippen molar-refractivity contribution in [3.05, 3.63) is 29.8 Å². The average Bonchev–Trinajstić information content (AvgIpc) is 3.22. The summed E-state index contributed by atoms with van der Waals surface area (Å²) in [6.45, 7) is 0.208. The normalized spacial score (nSPS) is 14.7. The fraction of sp³-hybridized carbons (Fsp3) is 0.568. The quantitative estimate of drug-likeness (QED) is 0.0332. The first-order valence-corrected chi connectivity index (χ1v) is 19.7. The molecule has 1 aromatic rings. The van der Waals surface area contributed by atoms with Crippen molar-refractivity contribution in [2.45, 2.75) is 101 Å². The first-order valence-electron chi connectivity index (χ1n) is 19.7. The highest BCUT2D eigenvalue weighted by Gasteiger charge is 2.34. The van der Waals surface area contributed by atoms with E-state index in [0.29, 0.717) is 24.1 Å². The van der Waals surface area contributed by atoms with E-state index >= 15 is 0 Å². The lowest BCUT2D eigenvalue weighted by atomic mass is 10.0. The van der Waals surface area contributed by atoms with Crippen molar-refractivity contribution >= 4 is 64.8 Å². The number of carbonyl (C=O) groups is 10. The van der Waals surface area contributed by atoms with E-state index < -0.39 is 128 Å². The Hall–Kier alpha value is -6.32. The van der Waals surface area contributed by atoms with Gasteiger partial charge in [-0.3, -0.25) is 47.9 Å². The van der Waals surface area contributed by atoms with Gasteiger partial charge in [-0.25, -0.2) is 0 Å². The minimum atomic E-state index is -1.83.